The molecule has 1 aromatic carbocycles. The van der Waals surface area contributed by atoms with Gasteiger partial charge >= 0.3 is 0 Å². The number of anilines is 1. The van der Waals surface area contributed by atoms with E-state index in [0.717, 1.165) is 17.8 Å². The number of hydrogen-bond acceptors (Lipinski definition) is 6. The monoisotopic (exact) mass is 460 g/mol. The van der Waals surface area contributed by atoms with E-state index in [1.165, 1.54) is 31.5 Å². The standard InChI is InChI=1S/C24H25FN8O/c25-19-5-2-6-20-22(19)23(17-11-31(12-17)24(34)16-7-8-27-21(26)9-16)29-33(20)14-18-13-32(30-28-18)10-15-3-1-4-15/h2,5-9,13,15,17H,1,3-4,10-12,14H2,(H2,26,27). The molecular weight excluding hydrogens is 435 g/mol. The van der Waals surface area contributed by atoms with Gasteiger partial charge < -0.3 is 10.6 Å². The summed E-state index contributed by atoms with van der Waals surface area (Å²) in [6, 6.07) is 8.23. The number of benzene rings is 1. The fourth-order valence-corrected chi connectivity index (χ4v) is 4.80. The molecule has 2 N–H and O–H groups in total. The molecule has 1 saturated carbocycles. The Kier molecular flexibility index (Phi) is 5.00. The predicted molar refractivity (Wildman–Crippen MR) is 123 cm³/mol. The zero-order valence-corrected chi connectivity index (χ0v) is 18.6. The Bertz CT molecular complexity index is 1370. The zero-order valence-electron chi connectivity index (χ0n) is 18.6. The van der Waals surface area contributed by atoms with E-state index in [2.05, 4.69) is 15.3 Å². The predicted octanol–water partition coefficient (Wildman–Crippen LogP) is 2.83. The quantitative estimate of drug-likeness (QED) is 0.474. The summed E-state index contributed by atoms with van der Waals surface area (Å²) in [4.78, 5) is 18.4. The molecule has 0 radical (unpaired) electrons. The van der Waals surface area contributed by atoms with Crippen molar-refractivity contribution in [3.05, 3.63) is 65.5 Å². The zero-order chi connectivity index (χ0) is 23.2. The minimum Gasteiger partial charge on any atom is -0.384 e. The topological polar surface area (TPSA) is 108 Å². The van der Waals surface area contributed by atoms with E-state index in [4.69, 9.17) is 10.8 Å². The summed E-state index contributed by atoms with van der Waals surface area (Å²) in [5.41, 5.74) is 8.39. The molecule has 0 unspecified atom stereocenters. The number of pyridine rings is 1. The second-order valence-electron chi connectivity index (χ2n) is 9.28. The van der Waals surface area contributed by atoms with Crippen LogP contribution in [0.3, 0.4) is 0 Å². The molecule has 1 aliphatic carbocycles. The molecule has 9 nitrogen and oxygen atoms in total. The molecule has 1 aliphatic heterocycles. The number of nitrogen functional groups attached to an aromatic ring is 1. The van der Waals surface area contributed by atoms with Crippen molar-refractivity contribution in [2.24, 2.45) is 5.92 Å². The molecular formula is C24H25FN8O. The van der Waals surface area contributed by atoms with Gasteiger partial charge in [-0.1, -0.05) is 17.7 Å². The number of aromatic nitrogens is 6. The first-order valence-electron chi connectivity index (χ1n) is 11.6. The molecule has 2 aliphatic rings. The third kappa shape index (κ3) is 3.68. The number of hydrogen-bond donors (Lipinski definition) is 1. The van der Waals surface area contributed by atoms with Crippen LogP contribution in [0.4, 0.5) is 10.2 Å². The molecule has 4 heterocycles. The summed E-state index contributed by atoms with van der Waals surface area (Å²) in [5, 5.41) is 13.9. The molecule has 6 rings (SSSR count). The first-order valence-corrected chi connectivity index (χ1v) is 11.6. The number of halogens is 1. The van der Waals surface area contributed by atoms with Crippen molar-refractivity contribution in [3.8, 4) is 0 Å². The van der Waals surface area contributed by atoms with Gasteiger partial charge in [0.05, 0.1) is 29.3 Å². The molecule has 1 amide bonds. The Morgan fingerprint density at radius 3 is 2.82 bits per heavy atom. The highest BCUT2D eigenvalue weighted by Crippen LogP contribution is 2.34. The number of carbonyl (C=O) groups excluding carboxylic acids is 1. The Morgan fingerprint density at radius 1 is 1.21 bits per heavy atom. The number of nitrogens with zero attached hydrogens (tertiary/aromatic N) is 7. The average molecular weight is 461 g/mol. The van der Waals surface area contributed by atoms with Crippen LogP contribution in [0.25, 0.3) is 10.9 Å². The third-order valence-electron chi connectivity index (χ3n) is 6.91. The number of rotatable bonds is 6. The average Bonchev–Trinajstić information content (AvgIpc) is 3.35. The number of likely N-dealkylation sites (tertiary alicyclic amines) is 1. The normalized spacial score (nSPS) is 16.6. The van der Waals surface area contributed by atoms with Crippen molar-refractivity contribution in [1.29, 1.82) is 0 Å². The van der Waals surface area contributed by atoms with Crippen LogP contribution in [-0.2, 0) is 13.1 Å². The van der Waals surface area contributed by atoms with Crippen LogP contribution >= 0.6 is 0 Å². The number of carbonyl (C=O) groups is 1. The molecule has 0 spiro atoms. The second-order valence-corrected chi connectivity index (χ2v) is 9.28. The molecule has 34 heavy (non-hydrogen) atoms. The first-order chi connectivity index (χ1) is 16.5. The van der Waals surface area contributed by atoms with Gasteiger partial charge in [0.1, 0.15) is 17.3 Å². The fourth-order valence-electron chi connectivity index (χ4n) is 4.80. The SMILES string of the molecule is Nc1cc(C(=O)N2CC(c3nn(Cc4cn(CC5CCC5)nn4)c4cccc(F)c34)C2)ccn1. The Morgan fingerprint density at radius 2 is 2.06 bits per heavy atom. The summed E-state index contributed by atoms with van der Waals surface area (Å²) in [6.45, 7) is 2.25. The first kappa shape index (κ1) is 20.8. The van der Waals surface area contributed by atoms with E-state index in [-0.39, 0.29) is 17.6 Å². The van der Waals surface area contributed by atoms with Gasteiger partial charge in [-0.3, -0.25) is 14.2 Å². The van der Waals surface area contributed by atoms with Crippen molar-refractivity contribution < 1.29 is 9.18 Å². The molecule has 0 bridgehead atoms. The summed E-state index contributed by atoms with van der Waals surface area (Å²) in [7, 11) is 0. The van der Waals surface area contributed by atoms with Crippen molar-refractivity contribution in [1.82, 2.24) is 34.7 Å². The van der Waals surface area contributed by atoms with Crippen LogP contribution < -0.4 is 5.73 Å². The van der Waals surface area contributed by atoms with Gasteiger partial charge in [0.2, 0.25) is 0 Å². The van der Waals surface area contributed by atoms with E-state index < -0.39 is 0 Å². The Hall–Kier alpha value is -3.82. The molecule has 3 aromatic heterocycles. The summed E-state index contributed by atoms with van der Waals surface area (Å²) >= 11 is 0. The Balaban J connectivity index is 1.22. The number of fused-ring (bicyclic) bond motifs is 1. The molecule has 174 valence electrons. The summed E-state index contributed by atoms with van der Waals surface area (Å²) in [6.07, 6.45) is 7.26. The van der Waals surface area contributed by atoms with Gasteiger partial charge in [-0.2, -0.15) is 5.10 Å². The van der Waals surface area contributed by atoms with Crippen LogP contribution in [0, 0.1) is 11.7 Å². The lowest BCUT2D eigenvalue weighted by molar-refractivity contribution is 0.0599. The van der Waals surface area contributed by atoms with E-state index in [1.54, 1.807) is 27.8 Å². The maximum Gasteiger partial charge on any atom is 0.254 e. The van der Waals surface area contributed by atoms with Gasteiger partial charge in [-0.25, -0.2) is 9.37 Å². The lowest BCUT2D eigenvalue weighted by atomic mass is 9.85. The molecule has 10 heteroatoms. The molecule has 2 fully saturated rings. The molecule has 1 saturated heterocycles. The van der Waals surface area contributed by atoms with Gasteiger partial charge in [0.15, 0.2) is 0 Å². The highest BCUT2D eigenvalue weighted by Gasteiger charge is 2.36. The van der Waals surface area contributed by atoms with E-state index >= 15 is 0 Å². The van der Waals surface area contributed by atoms with E-state index in [0.29, 0.717) is 48.0 Å². The van der Waals surface area contributed by atoms with Crippen LogP contribution in [0.1, 0.15) is 46.9 Å². The van der Waals surface area contributed by atoms with Gasteiger partial charge in [0.25, 0.3) is 5.91 Å². The second kappa shape index (κ2) is 8.19. The lowest BCUT2D eigenvalue weighted by Gasteiger charge is -2.38. The van der Waals surface area contributed by atoms with Crippen LogP contribution in [0.2, 0.25) is 0 Å². The minimum atomic E-state index is -0.306. The Labute approximate surface area is 195 Å². The van der Waals surface area contributed by atoms with Crippen LogP contribution in [0.15, 0.2) is 42.7 Å². The van der Waals surface area contributed by atoms with Crippen molar-refractivity contribution >= 4 is 22.6 Å². The van der Waals surface area contributed by atoms with Crippen molar-refractivity contribution in [2.75, 3.05) is 18.8 Å². The summed E-state index contributed by atoms with van der Waals surface area (Å²) in [5.74, 6) is 0.530. The third-order valence-corrected chi connectivity index (χ3v) is 6.91. The van der Waals surface area contributed by atoms with Crippen molar-refractivity contribution in [3.63, 3.8) is 0 Å². The number of amides is 1. The van der Waals surface area contributed by atoms with Gasteiger partial charge in [-0.15, -0.1) is 5.10 Å². The van der Waals surface area contributed by atoms with Gasteiger partial charge in [-0.05, 0) is 43.0 Å². The maximum absolute atomic E-state index is 14.9. The van der Waals surface area contributed by atoms with E-state index in [1.807, 2.05) is 16.9 Å². The largest absolute Gasteiger partial charge is 0.384 e. The smallest absolute Gasteiger partial charge is 0.254 e. The lowest BCUT2D eigenvalue weighted by Crippen LogP contribution is -2.48. The highest BCUT2D eigenvalue weighted by molar-refractivity contribution is 5.95. The maximum atomic E-state index is 14.9. The fraction of sp³-hybridized carbons (Fsp3) is 0.375. The van der Waals surface area contributed by atoms with Crippen molar-refractivity contribution in [2.45, 2.75) is 38.3 Å². The highest BCUT2D eigenvalue weighted by atomic mass is 19.1. The molecule has 4 aromatic rings. The van der Waals surface area contributed by atoms with Crippen LogP contribution in [-0.4, -0.2) is 53.7 Å². The van der Waals surface area contributed by atoms with Crippen LogP contribution in [0.5, 0.6) is 0 Å². The van der Waals surface area contributed by atoms with E-state index in [9.17, 15) is 9.18 Å². The number of nitrogens with two attached hydrogens (primary N) is 1. The minimum absolute atomic E-state index is 0.0434. The van der Waals surface area contributed by atoms with Gasteiger partial charge in [0, 0.05) is 37.3 Å². The summed E-state index contributed by atoms with van der Waals surface area (Å²) < 4.78 is 18.6. The molecule has 0 atom stereocenters.